The van der Waals surface area contributed by atoms with E-state index in [2.05, 4.69) is 5.32 Å². The van der Waals surface area contributed by atoms with Crippen molar-refractivity contribution in [3.05, 3.63) is 90.6 Å². The molecule has 2 heterocycles. The molecule has 0 aliphatic carbocycles. The molecule has 1 N–H and O–H groups in total. The molecule has 6 heteroatoms. The van der Waals surface area contributed by atoms with Crippen LogP contribution in [-0.4, -0.2) is 40.2 Å². The maximum Gasteiger partial charge on any atom is 0.296 e. The lowest BCUT2D eigenvalue weighted by Crippen LogP contribution is -2.37. The highest BCUT2D eigenvalue weighted by molar-refractivity contribution is 6.48. The number of hydrogen-bond donors (Lipinski definition) is 1. The molecule has 0 spiro atoms. The van der Waals surface area contributed by atoms with Gasteiger partial charge in [0.2, 0.25) is 5.91 Å². The second-order valence-electron chi connectivity index (χ2n) is 8.82. The van der Waals surface area contributed by atoms with E-state index < -0.39 is 11.7 Å². The van der Waals surface area contributed by atoms with E-state index in [0.29, 0.717) is 16.6 Å². The molecule has 4 aromatic rings. The zero-order chi connectivity index (χ0) is 24.2. The molecule has 2 amide bonds. The van der Waals surface area contributed by atoms with E-state index in [9.17, 15) is 14.4 Å². The number of carbonyl (C=O) groups excluding carboxylic acids is 3. The molecule has 35 heavy (non-hydrogen) atoms. The van der Waals surface area contributed by atoms with E-state index >= 15 is 0 Å². The predicted molar refractivity (Wildman–Crippen MR) is 137 cm³/mol. The Bertz CT molecular complexity index is 1380. The summed E-state index contributed by atoms with van der Waals surface area (Å²) in [5.74, 6) is -1.31. The van der Waals surface area contributed by atoms with Crippen LogP contribution in [0.3, 0.4) is 0 Å². The number of aromatic nitrogens is 1. The van der Waals surface area contributed by atoms with Crippen LogP contribution in [0.5, 0.6) is 0 Å². The molecule has 1 aromatic heterocycles. The minimum Gasteiger partial charge on any atom is -0.341 e. The third kappa shape index (κ3) is 4.73. The molecule has 1 fully saturated rings. The Hall–Kier alpha value is -4.19. The summed E-state index contributed by atoms with van der Waals surface area (Å²) in [5.41, 5.74) is 3.41. The first-order valence-electron chi connectivity index (χ1n) is 12.0. The Morgan fingerprint density at radius 1 is 0.771 bits per heavy atom. The minimum absolute atomic E-state index is 0.0330. The number of rotatable bonds is 6. The lowest BCUT2D eigenvalue weighted by atomic mass is 10.0. The number of benzene rings is 3. The normalized spacial score (nSPS) is 13.5. The Morgan fingerprint density at radius 3 is 2.26 bits per heavy atom. The topological polar surface area (TPSA) is 71.4 Å². The first-order chi connectivity index (χ1) is 17.1. The standard InChI is InChI=1S/C29H27N3O3/c33-27(31-17-9-2-10-18-31)20-32-19-24(23-14-6-8-16-26(23)32)28(34)29(35)30-25-15-7-5-13-22(25)21-11-3-1-4-12-21/h1,3-8,11-16,19H,2,9-10,17-18,20H2,(H,30,35). The number of para-hydroxylation sites is 2. The van der Waals surface area contributed by atoms with Gasteiger partial charge in [0.1, 0.15) is 6.54 Å². The van der Waals surface area contributed by atoms with Gasteiger partial charge in [-0.2, -0.15) is 0 Å². The van der Waals surface area contributed by atoms with E-state index in [4.69, 9.17) is 0 Å². The largest absolute Gasteiger partial charge is 0.341 e. The molecule has 3 aromatic carbocycles. The predicted octanol–water partition coefficient (Wildman–Crippen LogP) is 5.14. The molecule has 6 nitrogen and oxygen atoms in total. The second kappa shape index (κ2) is 9.97. The van der Waals surface area contributed by atoms with Crippen molar-refractivity contribution in [1.82, 2.24) is 9.47 Å². The minimum atomic E-state index is -0.710. The molecule has 1 saturated heterocycles. The number of piperidine rings is 1. The smallest absolute Gasteiger partial charge is 0.296 e. The maximum atomic E-state index is 13.3. The molecule has 0 radical (unpaired) electrons. The molecule has 0 saturated carbocycles. The van der Waals surface area contributed by atoms with Crippen molar-refractivity contribution in [2.24, 2.45) is 0 Å². The lowest BCUT2D eigenvalue weighted by Gasteiger charge is -2.27. The van der Waals surface area contributed by atoms with E-state index in [-0.39, 0.29) is 12.5 Å². The summed E-state index contributed by atoms with van der Waals surface area (Å²) in [7, 11) is 0. The van der Waals surface area contributed by atoms with Gasteiger partial charge in [0.15, 0.2) is 0 Å². The van der Waals surface area contributed by atoms with Crippen LogP contribution in [0.15, 0.2) is 85.1 Å². The van der Waals surface area contributed by atoms with E-state index in [1.54, 1.807) is 16.8 Å². The highest BCUT2D eigenvalue weighted by atomic mass is 16.2. The van der Waals surface area contributed by atoms with Crippen molar-refractivity contribution in [3.8, 4) is 11.1 Å². The Kier molecular flexibility index (Phi) is 6.44. The Balaban J connectivity index is 1.41. The highest BCUT2D eigenvalue weighted by Gasteiger charge is 2.24. The SMILES string of the molecule is O=C(Nc1ccccc1-c1ccccc1)C(=O)c1cn(CC(=O)N2CCCCC2)c2ccccc12. The fourth-order valence-corrected chi connectivity index (χ4v) is 4.71. The number of nitrogens with one attached hydrogen (secondary N) is 1. The average molecular weight is 466 g/mol. The van der Waals surface area contributed by atoms with Gasteiger partial charge >= 0.3 is 0 Å². The molecule has 0 atom stereocenters. The van der Waals surface area contributed by atoms with Crippen molar-refractivity contribution in [3.63, 3.8) is 0 Å². The molecule has 176 valence electrons. The van der Waals surface area contributed by atoms with Gasteiger partial charge in [-0.15, -0.1) is 0 Å². The number of amides is 2. The van der Waals surface area contributed by atoms with Crippen LogP contribution in [0.25, 0.3) is 22.0 Å². The number of Topliss-reactive ketones (excluding diaryl/α,β-unsaturated/α-hetero) is 1. The number of nitrogens with zero attached hydrogens (tertiary/aromatic N) is 2. The molecule has 1 aliphatic heterocycles. The molecular formula is C29H27N3O3. The fraction of sp³-hybridized carbons (Fsp3) is 0.207. The number of ketones is 1. The summed E-state index contributed by atoms with van der Waals surface area (Å²) in [4.78, 5) is 41.1. The monoisotopic (exact) mass is 465 g/mol. The van der Waals surface area contributed by atoms with Gasteiger partial charge in [-0.1, -0.05) is 66.7 Å². The first-order valence-corrected chi connectivity index (χ1v) is 12.0. The van der Waals surface area contributed by atoms with Gasteiger partial charge < -0.3 is 14.8 Å². The number of fused-ring (bicyclic) bond motifs is 1. The number of likely N-dealkylation sites (tertiary alicyclic amines) is 1. The summed E-state index contributed by atoms with van der Waals surface area (Å²) in [6, 6.07) is 24.5. The van der Waals surface area contributed by atoms with Gasteiger partial charge in [0.05, 0.1) is 5.56 Å². The molecule has 0 bridgehead atoms. The highest BCUT2D eigenvalue weighted by Crippen LogP contribution is 2.28. The van der Waals surface area contributed by atoms with Crippen molar-refractivity contribution in [2.45, 2.75) is 25.8 Å². The third-order valence-electron chi connectivity index (χ3n) is 6.51. The van der Waals surface area contributed by atoms with Crippen molar-refractivity contribution < 1.29 is 14.4 Å². The number of anilines is 1. The van der Waals surface area contributed by atoms with Crippen molar-refractivity contribution in [2.75, 3.05) is 18.4 Å². The van der Waals surface area contributed by atoms with Gasteiger partial charge in [0, 0.05) is 41.4 Å². The summed E-state index contributed by atoms with van der Waals surface area (Å²) in [6.45, 7) is 1.69. The van der Waals surface area contributed by atoms with Gasteiger partial charge in [-0.25, -0.2) is 0 Å². The van der Waals surface area contributed by atoms with Gasteiger partial charge in [-0.3, -0.25) is 14.4 Å². The number of hydrogen-bond acceptors (Lipinski definition) is 3. The van der Waals surface area contributed by atoms with Crippen LogP contribution in [0.2, 0.25) is 0 Å². The Labute approximate surface area is 204 Å². The molecule has 0 unspecified atom stereocenters. The third-order valence-corrected chi connectivity index (χ3v) is 6.51. The van der Waals surface area contributed by atoms with Gasteiger partial charge in [-0.05, 0) is 37.0 Å². The summed E-state index contributed by atoms with van der Waals surface area (Å²) < 4.78 is 1.78. The lowest BCUT2D eigenvalue weighted by molar-refractivity contribution is -0.132. The summed E-state index contributed by atoms with van der Waals surface area (Å²) >= 11 is 0. The summed E-state index contributed by atoms with van der Waals surface area (Å²) in [5, 5.41) is 3.46. The molecule has 1 aliphatic rings. The average Bonchev–Trinajstić information content (AvgIpc) is 3.27. The number of carbonyl (C=O) groups is 3. The van der Waals surface area contributed by atoms with Crippen molar-refractivity contribution in [1.29, 1.82) is 0 Å². The van der Waals surface area contributed by atoms with Crippen LogP contribution in [0.1, 0.15) is 29.6 Å². The fourth-order valence-electron chi connectivity index (χ4n) is 4.71. The van der Waals surface area contributed by atoms with Crippen LogP contribution in [0.4, 0.5) is 5.69 Å². The zero-order valence-electron chi connectivity index (χ0n) is 19.4. The molecule has 5 rings (SSSR count). The van der Waals surface area contributed by atoms with E-state index in [1.807, 2.05) is 77.7 Å². The van der Waals surface area contributed by atoms with Crippen molar-refractivity contribution >= 4 is 34.2 Å². The zero-order valence-corrected chi connectivity index (χ0v) is 19.4. The summed E-state index contributed by atoms with van der Waals surface area (Å²) in [6.07, 6.45) is 4.83. The quantitative estimate of drug-likeness (QED) is 0.317. The van der Waals surface area contributed by atoms with E-state index in [1.165, 1.54) is 0 Å². The van der Waals surface area contributed by atoms with Crippen LogP contribution < -0.4 is 5.32 Å². The van der Waals surface area contributed by atoms with Crippen LogP contribution in [-0.2, 0) is 16.1 Å². The maximum absolute atomic E-state index is 13.3. The van der Waals surface area contributed by atoms with Gasteiger partial charge in [0.25, 0.3) is 11.7 Å². The second-order valence-corrected chi connectivity index (χ2v) is 8.82. The first kappa shape index (κ1) is 22.6. The van der Waals surface area contributed by atoms with Crippen LogP contribution >= 0.6 is 0 Å². The molecular weight excluding hydrogens is 438 g/mol. The van der Waals surface area contributed by atoms with E-state index in [0.717, 1.165) is 49.0 Å². The van der Waals surface area contributed by atoms with Crippen LogP contribution in [0, 0.1) is 0 Å². The Morgan fingerprint density at radius 2 is 1.46 bits per heavy atom.